The van der Waals surface area contributed by atoms with E-state index in [1.807, 2.05) is 48.5 Å². The quantitative estimate of drug-likeness (QED) is 0.0274. The number of phenolic OH excluding ortho intramolecular Hbond substituents is 1. The third-order valence-electron chi connectivity index (χ3n) is 11.9. The number of primary amides is 1. The van der Waals surface area contributed by atoms with Crippen LogP contribution in [-0.4, -0.2) is 135 Å². The Morgan fingerprint density at radius 3 is 1.65 bits per heavy atom. The van der Waals surface area contributed by atoms with Gasteiger partial charge >= 0.3 is 0 Å². The molecule has 72 heavy (non-hydrogen) atoms. The molecule has 1 heterocycles. The molecule has 1 aromatic heterocycles. The Morgan fingerprint density at radius 2 is 1.07 bits per heavy atom. The first-order valence-corrected chi connectivity index (χ1v) is 23.9. The van der Waals surface area contributed by atoms with Crippen LogP contribution in [0.25, 0.3) is 10.9 Å². The monoisotopic (exact) mass is 1000 g/mol. The molecule has 0 bridgehead atoms. The zero-order valence-corrected chi connectivity index (χ0v) is 40.7. The predicted molar refractivity (Wildman–Crippen MR) is 267 cm³/mol. The maximum absolute atomic E-state index is 14.6. The smallest absolute Gasteiger partial charge is 0.245 e. The number of aromatic nitrogens is 1. The molecule has 17 N–H and O–H groups in total. The van der Waals surface area contributed by atoms with Crippen LogP contribution in [0.4, 0.5) is 0 Å². The Morgan fingerprint density at radius 1 is 0.583 bits per heavy atom. The summed E-state index contributed by atoms with van der Waals surface area (Å²) in [6, 6.07) is 11.6. The fourth-order valence-electron chi connectivity index (χ4n) is 7.75. The zero-order chi connectivity index (χ0) is 52.9. The summed E-state index contributed by atoms with van der Waals surface area (Å²) in [7, 11) is 0. The molecular formula is C50H69N11O11. The highest BCUT2D eigenvalue weighted by Gasteiger charge is 2.35. The Labute approximate surface area is 417 Å². The summed E-state index contributed by atoms with van der Waals surface area (Å²) < 4.78 is 0. The molecule has 0 radical (unpaired) electrons. The van der Waals surface area contributed by atoms with Crippen LogP contribution in [0.1, 0.15) is 69.6 Å². The topological polar surface area (TPSA) is 375 Å². The molecular weight excluding hydrogens is 931 g/mol. The van der Waals surface area contributed by atoms with Gasteiger partial charge in [-0.25, -0.2) is 0 Å². The largest absolute Gasteiger partial charge is 0.508 e. The minimum atomic E-state index is -1.64. The number of aliphatic hydroxyl groups is 2. The number of rotatable bonds is 29. The molecule has 9 atom stereocenters. The van der Waals surface area contributed by atoms with Crippen molar-refractivity contribution in [3.8, 4) is 5.75 Å². The minimum Gasteiger partial charge on any atom is -0.508 e. The third-order valence-corrected chi connectivity index (χ3v) is 11.9. The third kappa shape index (κ3) is 17.2. The number of carbonyl (C=O) groups is 8. The number of H-pyrrole nitrogens is 1. The van der Waals surface area contributed by atoms with Gasteiger partial charge in [0.25, 0.3) is 0 Å². The molecule has 0 fully saturated rings. The van der Waals surface area contributed by atoms with E-state index in [1.54, 1.807) is 38.2 Å². The number of aromatic amines is 1. The van der Waals surface area contributed by atoms with Gasteiger partial charge < -0.3 is 74.7 Å². The lowest BCUT2D eigenvalue weighted by Gasteiger charge is -2.28. The number of hydrogen-bond acceptors (Lipinski definition) is 13. The summed E-state index contributed by atoms with van der Waals surface area (Å²) >= 11 is 0. The van der Waals surface area contributed by atoms with Crippen molar-refractivity contribution in [3.05, 3.63) is 102 Å². The number of carbonyl (C=O) groups excluding carboxylic acids is 8. The lowest BCUT2D eigenvalue weighted by Crippen LogP contribution is -2.61. The van der Waals surface area contributed by atoms with E-state index in [-0.39, 0.29) is 50.8 Å². The fraction of sp³-hybridized carbons (Fsp3) is 0.440. The molecule has 0 spiro atoms. The van der Waals surface area contributed by atoms with E-state index in [4.69, 9.17) is 17.2 Å². The highest BCUT2D eigenvalue weighted by molar-refractivity contribution is 5.98. The number of nitrogens with one attached hydrogen (secondary N) is 8. The summed E-state index contributed by atoms with van der Waals surface area (Å²) in [6.07, 6.45) is 1.13. The van der Waals surface area contributed by atoms with E-state index in [0.29, 0.717) is 24.0 Å². The number of amides is 8. The molecule has 4 aromatic rings. The summed E-state index contributed by atoms with van der Waals surface area (Å²) in [5.41, 5.74) is 20.0. The van der Waals surface area contributed by atoms with Gasteiger partial charge in [0.1, 0.15) is 48.0 Å². The molecule has 9 unspecified atom stereocenters. The molecule has 390 valence electrons. The zero-order valence-electron chi connectivity index (χ0n) is 40.7. The second-order valence-electron chi connectivity index (χ2n) is 17.5. The highest BCUT2D eigenvalue weighted by Crippen LogP contribution is 2.20. The lowest BCUT2D eigenvalue weighted by molar-refractivity contribution is -0.136. The van der Waals surface area contributed by atoms with Gasteiger partial charge in [-0.3, -0.25) is 38.4 Å². The number of nitrogens with two attached hydrogens (primary N) is 3. The number of unbranched alkanes of at least 4 members (excludes halogenated alkanes) is 1. The molecule has 8 amide bonds. The second kappa shape index (κ2) is 28.4. The number of hydrogen-bond donors (Lipinski definition) is 14. The maximum Gasteiger partial charge on any atom is 0.245 e. The molecule has 0 aliphatic heterocycles. The lowest BCUT2D eigenvalue weighted by atomic mass is 10.0. The van der Waals surface area contributed by atoms with Crippen molar-refractivity contribution in [2.45, 2.75) is 127 Å². The average Bonchev–Trinajstić information content (AvgIpc) is 3.77. The standard InChI is InChI=1S/C50H69N11O11/c1-4-35(55-44(66)34(52)23-29-13-7-6-8-14-29)45(67)58-39(24-30-18-20-32(64)21-19-30)48(70)59-40(25-31-26-54-37-16-10-9-15-33(31)37)49(71)57-38(17-11-12-22-51)47(69)60-41(27-62)50(72)56-36(5-2)46(68)61-42(28(3)63)43(53)65/h6-10,13-16,18-21,26,28,34-36,38-42,54,62-64H,4-5,11-12,17,22-25,27,51-52H2,1-3H3,(H2,53,65)(H,55,66)(H,56,72)(H,57,71)(H,58,67)(H,59,70)(H,60,69)(H,61,68). The Bertz CT molecular complexity index is 2450. The number of phenols is 1. The van der Waals surface area contributed by atoms with E-state index >= 15 is 0 Å². The van der Waals surface area contributed by atoms with Crippen LogP contribution in [0.3, 0.4) is 0 Å². The van der Waals surface area contributed by atoms with Crippen molar-refractivity contribution in [1.29, 1.82) is 0 Å². The molecule has 0 aliphatic carbocycles. The van der Waals surface area contributed by atoms with Gasteiger partial charge in [0, 0.05) is 29.9 Å². The maximum atomic E-state index is 14.6. The van der Waals surface area contributed by atoms with Crippen LogP contribution >= 0.6 is 0 Å². The van der Waals surface area contributed by atoms with Gasteiger partial charge in [0.15, 0.2) is 0 Å². The summed E-state index contributed by atoms with van der Waals surface area (Å²) in [6.45, 7) is 3.76. The number of benzene rings is 3. The van der Waals surface area contributed by atoms with E-state index < -0.39 is 108 Å². The Hall–Kier alpha value is -7.40. The molecule has 22 nitrogen and oxygen atoms in total. The SMILES string of the molecule is CCC(NC(=O)C(N)Cc1ccccc1)C(=O)NC(Cc1ccc(O)cc1)C(=O)NC(Cc1c[nH]c2ccccc12)C(=O)NC(CCCCN)C(=O)NC(CO)C(=O)NC(CC)C(=O)NC(C(N)=O)C(C)O. The first-order valence-electron chi connectivity index (χ1n) is 23.9. The van der Waals surface area contributed by atoms with Gasteiger partial charge in [-0.1, -0.05) is 74.5 Å². The van der Waals surface area contributed by atoms with E-state index in [9.17, 15) is 53.7 Å². The first kappa shape index (κ1) is 57.2. The van der Waals surface area contributed by atoms with E-state index in [0.717, 1.165) is 16.5 Å². The van der Waals surface area contributed by atoms with Crippen LogP contribution in [0, 0.1) is 0 Å². The fourth-order valence-corrected chi connectivity index (χ4v) is 7.75. The van der Waals surface area contributed by atoms with Crippen molar-refractivity contribution in [2.24, 2.45) is 17.2 Å². The summed E-state index contributed by atoms with van der Waals surface area (Å²) in [4.78, 5) is 112. The molecule has 4 rings (SSSR count). The van der Waals surface area contributed by atoms with Crippen LogP contribution in [0.15, 0.2) is 85.1 Å². The van der Waals surface area contributed by atoms with Crippen molar-refractivity contribution >= 4 is 58.2 Å². The molecule has 0 saturated carbocycles. The highest BCUT2D eigenvalue weighted by atomic mass is 16.3. The summed E-state index contributed by atoms with van der Waals surface area (Å²) in [5.74, 6) is -6.77. The molecule has 3 aromatic carbocycles. The van der Waals surface area contributed by atoms with Gasteiger partial charge in [0.05, 0.1) is 18.8 Å². The molecule has 0 aliphatic rings. The average molecular weight is 1000 g/mol. The number of para-hydroxylation sites is 1. The van der Waals surface area contributed by atoms with Gasteiger partial charge in [0.2, 0.25) is 47.3 Å². The number of aromatic hydroxyl groups is 1. The van der Waals surface area contributed by atoms with Gasteiger partial charge in [-0.15, -0.1) is 0 Å². The second-order valence-corrected chi connectivity index (χ2v) is 17.5. The van der Waals surface area contributed by atoms with Crippen LogP contribution in [-0.2, 0) is 57.6 Å². The van der Waals surface area contributed by atoms with Crippen molar-refractivity contribution < 1.29 is 53.7 Å². The Kier molecular flexibility index (Phi) is 22.6. The normalized spacial score (nSPS) is 14.9. The number of fused-ring (bicyclic) bond motifs is 1. The van der Waals surface area contributed by atoms with Crippen molar-refractivity contribution in [3.63, 3.8) is 0 Å². The van der Waals surface area contributed by atoms with Crippen LogP contribution in [0.2, 0.25) is 0 Å². The summed E-state index contributed by atoms with van der Waals surface area (Å²) in [5, 5.41) is 48.9. The molecule has 0 saturated heterocycles. The molecule has 22 heteroatoms. The minimum absolute atomic E-state index is 0.00457. The van der Waals surface area contributed by atoms with Crippen molar-refractivity contribution in [1.82, 2.24) is 42.2 Å². The van der Waals surface area contributed by atoms with Gasteiger partial charge in [-0.2, -0.15) is 0 Å². The first-order chi connectivity index (χ1) is 34.4. The van der Waals surface area contributed by atoms with Crippen LogP contribution in [0.5, 0.6) is 5.75 Å². The van der Waals surface area contributed by atoms with Crippen LogP contribution < -0.4 is 54.4 Å². The van der Waals surface area contributed by atoms with Crippen molar-refractivity contribution in [2.75, 3.05) is 13.2 Å². The Balaban J connectivity index is 1.61. The van der Waals surface area contributed by atoms with E-state index in [2.05, 4.69) is 42.2 Å². The predicted octanol–water partition coefficient (Wildman–Crippen LogP) is -1.57. The number of aliphatic hydroxyl groups excluding tert-OH is 2. The van der Waals surface area contributed by atoms with Gasteiger partial charge in [-0.05, 0) is 86.9 Å². The van der Waals surface area contributed by atoms with E-state index in [1.165, 1.54) is 19.1 Å².